The maximum absolute atomic E-state index is 12.5. The molecule has 8 heteroatoms. The second-order valence-corrected chi connectivity index (χ2v) is 9.24. The number of H-pyrrole nitrogens is 1. The number of thiophene rings is 1. The van der Waals surface area contributed by atoms with Crippen LogP contribution in [0.5, 0.6) is 0 Å². The zero-order valence-electron chi connectivity index (χ0n) is 16.9. The molecule has 1 aromatic carbocycles. The lowest BCUT2D eigenvalue weighted by molar-refractivity contribution is 0.626. The molecule has 3 heterocycles. The van der Waals surface area contributed by atoms with E-state index < -0.39 is 0 Å². The fraction of sp³-hybridized carbons (Fsp3) is 0.333. The van der Waals surface area contributed by atoms with E-state index >= 15 is 0 Å². The molecule has 1 N–H and O–H groups in total. The van der Waals surface area contributed by atoms with Crippen LogP contribution < -0.4 is 5.56 Å². The molecular formula is C21H23N5OS2. The van der Waals surface area contributed by atoms with E-state index in [0.717, 1.165) is 44.8 Å². The molecule has 0 spiro atoms. The number of nitrogens with zero attached hydrogens (tertiary/aromatic N) is 4. The number of aromatic amines is 1. The summed E-state index contributed by atoms with van der Waals surface area (Å²) in [7, 11) is 0. The molecule has 0 aliphatic carbocycles. The minimum absolute atomic E-state index is 0.0667. The maximum Gasteiger partial charge on any atom is 0.259 e. The van der Waals surface area contributed by atoms with Crippen LogP contribution in [0.15, 0.2) is 34.2 Å². The third-order valence-corrected chi connectivity index (χ3v) is 6.95. The lowest BCUT2D eigenvalue weighted by atomic mass is 10.1. The van der Waals surface area contributed by atoms with E-state index in [4.69, 9.17) is 0 Å². The van der Waals surface area contributed by atoms with E-state index in [1.807, 2.05) is 19.9 Å². The van der Waals surface area contributed by atoms with Crippen molar-refractivity contribution in [2.24, 2.45) is 0 Å². The van der Waals surface area contributed by atoms with Gasteiger partial charge in [0.2, 0.25) is 0 Å². The summed E-state index contributed by atoms with van der Waals surface area (Å²) in [5.74, 6) is 2.08. The van der Waals surface area contributed by atoms with Gasteiger partial charge in [0, 0.05) is 17.0 Å². The molecule has 0 unspecified atom stereocenters. The Morgan fingerprint density at radius 2 is 2.03 bits per heavy atom. The predicted octanol–water partition coefficient (Wildman–Crippen LogP) is 4.87. The van der Waals surface area contributed by atoms with Crippen LogP contribution in [0.3, 0.4) is 0 Å². The Labute approximate surface area is 177 Å². The van der Waals surface area contributed by atoms with Crippen molar-refractivity contribution in [2.75, 3.05) is 0 Å². The highest BCUT2D eigenvalue weighted by atomic mass is 32.2. The van der Waals surface area contributed by atoms with Crippen molar-refractivity contribution in [3.8, 4) is 11.4 Å². The summed E-state index contributed by atoms with van der Waals surface area (Å²) in [5.41, 5.74) is 3.21. The zero-order valence-corrected chi connectivity index (χ0v) is 18.6. The van der Waals surface area contributed by atoms with E-state index in [-0.39, 0.29) is 5.56 Å². The molecule has 29 heavy (non-hydrogen) atoms. The van der Waals surface area contributed by atoms with Gasteiger partial charge in [0.15, 0.2) is 11.0 Å². The fourth-order valence-electron chi connectivity index (χ4n) is 3.32. The highest BCUT2D eigenvalue weighted by Crippen LogP contribution is 2.29. The van der Waals surface area contributed by atoms with Gasteiger partial charge in [-0.1, -0.05) is 42.4 Å². The summed E-state index contributed by atoms with van der Waals surface area (Å²) in [5, 5.41) is 10.4. The number of fused-ring (bicyclic) bond motifs is 1. The number of aromatic nitrogens is 5. The van der Waals surface area contributed by atoms with Crippen molar-refractivity contribution in [3.05, 3.63) is 56.4 Å². The molecule has 0 saturated heterocycles. The normalized spacial score (nSPS) is 11.4. The topological polar surface area (TPSA) is 76.5 Å². The molecule has 0 radical (unpaired) electrons. The molecule has 0 aliphatic heterocycles. The average Bonchev–Trinajstić information content (AvgIpc) is 3.21. The van der Waals surface area contributed by atoms with E-state index in [9.17, 15) is 4.79 Å². The van der Waals surface area contributed by atoms with Gasteiger partial charge in [-0.05, 0) is 38.8 Å². The van der Waals surface area contributed by atoms with Gasteiger partial charge in [-0.15, -0.1) is 21.5 Å². The van der Waals surface area contributed by atoms with Crippen LogP contribution in [0, 0.1) is 20.8 Å². The Hall–Kier alpha value is -2.45. The smallest absolute Gasteiger partial charge is 0.259 e. The predicted molar refractivity (Wildman–Crippen MR) is 120 cm³/mol. The summed E-state index contributed by atoms with van der Waals surface area (Å²) in [6.07, 6.45) is 0.985. The number of thioether (sulfide) groups is 1. The Kier molecular flexibility index (Phi) is 5.56. The molecule has 150 valence electrons. The van der Waals surface area contributed by atoms with Gasteiger partial charge in [-0.25, -0.2) is 4.98 Å². The van der Waals surface area contributed by atoms with Crippen LogP contribution in [0.4, 0.5) is 0 Å². The average molecular weight is 426 g/mol. The minimum Gasteiger partial charge on any atom is -0.309 e. The van der Waals surface area contributed by atoms with Crippen LogP contribution in [0.2, 0.25) is 0 Å². The van der Waals surface area contributed by atoms with Gasteiger partial charge < -0.3 is 9.55 Å². The first-order chi connectivity index (χ1) is 14.0. The number of aryl methyl sites for hydroxylation is 3. The lowest BCUT2D eigenvalue weighted by Crippen LogP contribution is -2.11. The second-order valence-electron chi connectivity index (χ2n) is 7.09. The van der Waals surface area contributed by atoms with Gasteiger partial charge in [0.05, 0.1) is 11.1 Å². The molecular weight excluding hydrogens is 402 g/mol. The minimum atomic E-state index is -0.0667. The summed E-state index contributed by atoms with van der Waals surface area (Å²) < 4.78 is 2.15. The van der Waals surface area contributed by atoms with E-state index in [0.29, 0.717) is 17.0 Å². The molecule has 0 amide bonds. The first kappa shape index (κ1) is 19.8. The highest BCUT2D eigenvalue weighted by Gasteiger charge is 2.16. The van der Waals surface area contributed by atoms with E-state index in [1.165, 1.54) is 5.56 Å². The standard InChI is InChI=1S/C21H23N5OS2/c1-5-9-26-18(15-8-6-7-12(2)10-15)24-25-21(26)28-11-16-22-19(27)17-13(3)14(4)29-20(17)23-16/h6-8,10H,5,9,11H2,1-4H3,(H,22,23,27). The van der Waals surface area contributed by atoms with Crippen molar-refractivity contribution in [1.29, 1.82) is 0 Å². The van der Waals surface area contributed by atoms with Crippen LogP contribution in [-0.4, -0.2) is 24.7 Å². The first-order valence-corrected chi connectivity index (χ1v) is 11.4. The van der Waals surface area contributed by atoms with Crippen LogP contribution >= 0.6 is 23.1 Å². The van der Waals surface area contributed by atoms with Gasteiger partial charge in [0.1, 0.15) is 10.7 Å². The number of hydrogen-bond acceptors (Lipinski definition) is 6. The van der Waals surface area contributed by atoms with Gasteiger partial charge in [-0.2, -0.15) is 0 Å². The third-order valence-electron chi connectivity index (χ3n) is 4.87. The van der Waals surface area contributed by atoms with Crippen molar-refractivity contribution < 1.29 is 0 Å². The second kappa shape index (κ2) is 8.12. The van der Waals surface area contributed by atoms with Crippen molar-refractivity contribution in [2.45, 2.75) is 51.6 Å². The van der Waals surface area contributed by atoms with Crippen LogP contribution in [0.25, 0.3) is 21.6 Å². The summed E-state index contributed by atoms with van der Waals surface area (Å²) in [4.78, 5) is 22.0. The largest absolute Gasteiger partial charge is 0.309 e. The molecule has 0 fully saturated rings. The molecule has 3 aromatic heterocycles. The van der Waals surface area contributed by atoms with Gasteiger partial charge in [-0.3, -0.25) is 4.79 Å². The van der Waals surface area contributed by atoms with Crippen molar-refractivity contribution in [1.82, 2.24) is 24.7 Å². The maximum atomic E-state index is 12.5. The Balaban J connectivity index is 1.63. The van der Waals surface area contributed by atoms with E-state index in [2.05, 4.69) is 56.8 Å². The zero-order chi connectivity index (χ0) is 20.5. The quantitative estimate of drug-likeness (QED) is 0.446. The van der Waals surface area contributed by atoms with Crippen molar-refractivity contribution >= 4 is 33.3 Å². The monoisotopic (exact) mass is 425 g/mol. The molecule has 0 aliphatic rings. The lowest BCUT2D eigenvalue weighted by Gasteiger charge is -2.09. The third kappa shape index (κ3) is 3.86. The van der Waals surface area contributed by atoms with Gasteiger partial charge in [0.25, 0.3) is 5.56 Å². The Morgan fingerprint density at radius 1 is 1.21 bits per heavy atom. The van der Waals surface area contributed by atoms with Crippen LogP contribution in [-0.2, 0) is 12.3 Å². The molecule has 0 atom stereocenters. The molecule has 6 nitrogen and oxygen atoms in total. The summed E-state index contributed by atoms with van der Waals surface area (Å²) in [6.45, 7) is 9.05. The summed E-state index contributed by atoms with van der Waals surface area (Å²) >= 11 is 3.12. The van der Waals surface area contributed by atoms with Gasteiger partial charge >= 0.3 is 0 Å². The number of hydrogen-bond donors (Lipinski definition) is 1. The number of benzene rings is 1. The van der Waals surface area contributed by atoms with Crippen molar-refractivity contribution in [3.63, 3.8) is 0 Å². The summed E-state index contributed by atoms with van der Waals surface area (Å²) in [6, 6.07) is 8.30. The molecule has 0 saturated carbocycles. The first-order valence-electron chi connectivity index (χ1n) is 9.60. The Bertz CT molecular complexity index is 1240. The number of nitrogens with one attached hydrogen (secondary N) is 1. The SMILES string of the molecule is CCCn1c(SCc2nc3sc(C)c(C)c3c(=O)[nH]2)nnc1-c1cccc(C)c1. The molecule has 4 aromatic rings. The highest BCUT2D eigenvalue weighted by molar-refractivity contribution is 7.98. The Morgan fingerprint density at radius 3 is 2.79 bits per heavy atom. The number of rotatable bonds is 6. The molecule has 0 bridgehead atoms. The molecule has 4 rings (SSSR count). The van der Waals surface area contributed by atoms with E-state index in [1.54, 1.807) is 23.1 Å². The fourth-order valence-corrected chi connectivity index (χ4v) is 5.20. The van der Waals surface area contributed by atoms with Crippen LogP contribution in [0.1, 0.15) is 35.2 Å².